The number of aliphatic hydroxyl groups excluding tert-OH is 1. The van der Waals surface area contributed by atoms with Crippen molar-refractivity contribution >= 4 is 11.8 Å². The van der Waals surface area contributed by atoms with Crippen molar-refractivity contribution in [2.75, 3.05) is 26.2 Å². The van der Waals surface area contributed by atoms with Crippen LogP contribution in [0.25, 0.3) is 0 Å². The molecule has 1 aliphatic carbocycles. The molecule has 0 bridgehead atoms. The summed E-state index contributed by atoms with van der Waals surface area (Å²) in [4.78, 5) is 27.4. The summed E-state index contributed by atoms with van der Waals surface area (Å²) < 4.78 is 0. The van der Waals surface area contributed by atoms with Crippen molar-refractivity contribution in [3.63, 3.8) is 0 Å². The van der Waals surface area contributed by atoms with Crippen molar-refractivity contribution in [1.29, 1.82) is 0 Å². The van der Waals surface area contributed by atoms with E-state index >= 15 is 0 Å². The number of rotatable bonds is 1. The van der Waals surface area contributed by atoms with E-state index in [4.69, 9.17) is 0 Å². The van der Waals surface area contributed by atoms with E-state index in [1.807, 2.05) is 0 Å². The Hall–Kier alpha value is -1.10. The highest BCUT2D eigenvalue weighted by molar-refractivity contribution is 5.79. The summed E-state index contributed by atoms with van der Waals surface area (Å²) in [5.74, 6) is 0.262. The van der Waals surface area contributed by atoms with Gasteiger partial charge in [-0.05, 0) is 12.8 Å². The van der Waals surface area contributed by atoms with Crippen LogP contribution in [0.2, 0.25) is 0 Å². The topological polar surface area (TPSA) is 60.9 Å². The molecule has 0 aromatic carbocycles. The molecule has 0 aromatic heterocycles. The highest BCUT2D eigenvalue weighted by Gasteiger charge is 2.29. The number of β-amino-alcohol motifs (C(OH)–C–C–N with tert-alkyl or cyclic N) is 1. The molecule has 1 saturated heterocycles. The van der Waals surface area contributed by atoms with Gasteiger partial charge in [0.1, 0.15) is 0 Å². The molecule has 1 atom stereocenters. The van der Waals surface area contributed by atoms with E-state index in [-0.39, 0.29) is 17.7 Å². The van der Waals surface area contributed by atoms with Crippen LogP contribution in [0.4, 0.5) is 0 Å². The minimum absolute atomic E-state index is 0.0344. The lowest BCUT2D eigenvalue weighted by Gasteiger charge is -2.26. The van der Waals surface area contributed by atoms with Crippen molar-refractivity contribution < 1.29 is 14.7 Å². The Labute approximate surface area is 120 Å². The van der Waals surface area contributed by atoms with Crippen molar-refractivity contribution in [1.82, 2.24) is 9.80 Å². The Kier molecular flexibility index (Phi) is 5.40. The third-order valence-electron chi connectivity index (χ3n) is 4.46. The molecule has 2 amide bonds. The molecule has 2 rings (SSSR count). The van der Waals surface area contributed by atoms with Crippen LogP contribution < -0.4 is 0 Å². The molecule has 2 fully saturated rings. The molecule has 0 spiro atoms. The molecular formula is C15H26N2O3. The third kappa shape index (κ3) is 3.95. The fourth-order valence-corrected chi connectivity index (χ4v) is 3.26. The molecule has 20 heavy (non-hydrogen) atoms. The average Bonchev–Trinajstić information content (AvgIpc) is 2.78. The van der Waals surface area contributed by atoms with E-state index in [2.05, 4.69) is 0 Å². The number of hydrogen-bond donors (Lipinski definition) is 1. The Morgan fingerprint density at radius 2 is 1.50 bits per heavy atom. The molecule has 1 aliphatic heterocycles. The summed E-state index contributed by atoms with van der Waals surface area (Å²) in [5.41, 5.74) is 0. The highest BCUT2D eigenvalue weighted by Crippen LogP contribution is 2.25. The van der Waals surface area contributed by atoms with Crippen LogP contribution in [0.5, 0.6) is 0 Å². The summed E-state index contributed by atoms with van der Waals surface area (Å²) >= 11 is 0. The summed E-state index contributed by atoms with van der Waals surface area (Å²) in [6.45, 7) is 3.29. The van der Waals surface area contributed by atoms with Crippen molar-refractivity contribution in [3.8, 4) is 0 Å². The zero-order valence-corrected chi connectivity index (χ0v) is 12.4. The van der Waals surface area contributed by atoms with Crippen LogP contribution in [0.15, 0.2) is 0 Å². The molecule has 5 heteroatoms. The Morgan fingerprint density at radius 1 is 0.950 bits per heavy atom. The summed E-state index contributed by atoms with van der Waals surface area (Å²) in [6.07, 6.45) is 6.04. The molecule has 1 heterocycles. The lowest BCUT2D eigenvalue weighted by molar-refractivity contribution is -0.137. The van der Waals surface area contributed by atoms with Crippen LogP contribution in [0.1, 0.15) is 45.4 Å². The smallest absolute Gasteiger partial charge is 0.225 e. The first kappa shape index (κ1) is 15.3. The normalized spacial score (nSPS) is 26.0. The first-order chi connectivity index (χ1) is 9.58. The SMILES string of the molecule is CC(=O)N1CCN(C(=O)C2CCCCCC2)C[C@@H](O)C1. The Bertz CT molecular complexity index is 351. The highest BCUT2D eigenvalue weighted by atomic mass is 16.3. The first-order valence-corrected chi connectivity index (χ1v) is 7.80. The monoisotopic (exact) mass is 282 g/mol. The molecule has 5 nitrogen and oxygen atoms in total. The van der Waals surface area contributed by atoms with Gasteiger partial charge in [0, 0.05) is 39.0 Å². The maximum Gasteiger partial charge on any atom is 0.225 e. The predicted octanol–water partition coefficient (Wildman–Crippen LogP) is 1.01. The second-order valence-corrected chi connectivity index (χ2v) is 6.09. The third-order valence-corrected chi connectivity index (χ3v) is 4.46. The van der Waals surface area contributed by atoms with Crippen molar-refractivity contribution in [2.24, 2.45) is 5.92 Å². The number of hydrogen-bond acceptors (Lipinski definition) is 3. The molecule has 114 valence electrons. The number of amides is 2. The van der Waals surface area contributed by atoms with Gasteiger partial charge in [-0.15, -0.1) is 0 Å². The molecule has 0 aromatic rings. The average molecular weight is 282 g/mol. The maximum absolute atomic E-state index is 12.6. The second-order valence-electron chi connectivity index (χ2n) is 6.09. The number of nitrogens with zero attached hydrogens (tertiary/aromatic N) is 2. The largest absolute Gasteiger partial charge is 0.389 e. The van der Waals surface area contributed by atoms with Crippen molar-refractivity contribution in [3.05, 3.63) is 0 Å². The van der Waals surface area contributed by atoms with Crippen LogP contribution >= 0.6 is 0 Å². The minimum Gasteiger partial charge on any atom is -0.389 e. The van der Waals surface area contributed by atoms with Gasteiger partial charge >= 0.3 is 0 Å². The standard InChI is InChI=1S/C15H26N2O3/c1-12(18)16-8-9-17(11-14(19)10-16)15(20)13-6-4-2-3-5-7-13/h13-14,19H,2-11H2,1H3/t14-/m0/s1. The van der Waals surface area contributed by atoms with E-state index in [9.17, 15) is 14.7 Å². The van der Waals surface area contributed by atoms with E-state index in [1.165, 1.54) is 19.8 Å². The number of aliphatic hydroxyl groups is 1. The van der Waals surface area contributed by atoms with Crippen LogP contribution in [-0.2, 0) is 9.59 Å². The number of carbonyl (C=O) groups excluding carboxylic acids is 2. The molecular weight excluding hydrogens is 256 g/mol. The van der Waals surface area contributed by atoms with E-state index in [1.54, 1.807) is 9.80 Å². The van der Waals surface area contributed by atoms with Crippen LogP contribution in [0, 0.1) is 5.92 Å². The molecule has 0 unspecified atom stereocenters. The second kappa shape index (κ2) is 7.07. The maximum atomic E-state index is 12.6. The fourth-order valence-electron chi connectivity index (χ4n) is 3.26. The van der Waals surface area contributed by atoms with Gasteiger partial charge in [-0.25, -0.2) is 0 Å². The lowest BCUT2D eigenvalue weighted by Crippen LogP contribution is -2.41. The molecule has 0 radical (unpaired) electrons. The van der Waals surface area contributed by atoms with Gasteiger partial charge < -0.3 is 14.9 Å². The first-order valence-electron chi connectivity index (χ1n) is 7.80. The van der Waals surface area contributed by atoms with Crippen molar-refractivity contribution in [2.45, 2.75) is 51.6 Å². The number of carbonyl (C=O) groups is 2. The molecule has 1 saturated carbocycles. The zero-order valence-electron chi connectivity index (χ0n) is 12.4. The van der Waals surface area contributed by atoms with Gasteiger partial charge in [0.05, 0.1) is 6.10 Å². The van der Waals surface area contributed by atoms with E-state index in [0.29, 0.717) is 26.2 Å². The van der Waals surface area contributed by atoms with Crippen LogP contribution in [0.3, 0.4) is 0 Å². The zero-order chi connectivity index (χ0) is 14.5. The fraction of sp³-hybridized carbons (Fsp3) is 0.867. The van der Waals surface area contributed by atoms with Gasteiger partial charge in [0.2, 0.25) is 11.8 Å². The minimum atomic E-state index is -0.629. The van der Waals surface area contributed by atoms with E-state index in [0.717, 1.165) is 25.7 Å². The summed E-state index contributed by atoms with van der Waals surface area (Å²) in [6, 6.07) is 0. The Morgan fingerprint density at radius 3 is 2.10 bits per heavy atom. The summed E-state index contributed by atoms with van der Waals surface area (Å²) in [7, 11) is 0. The van der Waals surface area contributed by atoms with Gasteiger partial charge in [-0.1, -0.05) is 25.7 Å². The van der Waals surface area contributed by atoms with Gasteiger partial charge in [-0.2, -0.15) is 0 Å². The van der Waals surface area contributed by atoms with E-state index < -0.39 is 6.10 Å². The van der Waals surface area contributed by atoms with Crippen LogP contribution in [-0.4, -0.2) is 59.0 Å². The summed E-state index contributed by atoms with van der Waals surface area (Å²) in [5, 5.41) is 9.99. The predicted molar refractivity (Wildman–Crippen MR) is 76.0 cm³/mol. The molecule has 1 N–H and O–H groups in total. The quantitative estimate of drug-likeness (QED) is 0.730. The lowest BCUT2D eigenvalue weighted by atomic mass is 9.98. The van der Waals surface area contributed by atoms with Gasteiger partial charge in [-0.3, -0.25) is 9.59 Å². The van der Waals surface area contributed by atoms with Gasteiger partial charge in [0.15, 0.2) is 0 Å². The van der Waals surface area contributed by atoms with Gasteiger partial charge in [0.25, 0.3) is 0 Å². The Balaban J connectivity index is 1.96. The molecule has 2 aliphatic rings.